The van der Waals surface area contributed by atoms with Gasteiger partial charge >= 0.3 is 6.03 Å². The van der Waals surface area contributed by atoms with E-state index in [9.17, 15) is 14.4 Å². The van der Waals surface area contributed by atoms with Gasteiger partial charge < -0.3 is 15.0 Å². The van der Waals surface area contributed by atoms with Crippen LogP contribution in [0.4, 0.5) is 16.2 Å². The van der Waals surface area contributed by atoms with Crippen LogP contribution in [0.1, 0.15) is 45.7 Å². The second kappa shape index (κ2) is 10.5. The third-order valence-electron chi connectivity index (χ3n) is 8.25. The number of urea groups is 1. The van der Waals surface area contributed by atoms with E-state index in [-0.39, 0.29) is 17.8 Å². The number of amides is 4. The number of anilines is 2. The lowest BCUT2D eigenvalue weighted by Crippen LogP contribution is -2.44. The molecule has 43 heavy (non-hydrogen) atoms. The molecule has 4 amide bonds. The summed E-state index contributed by atoms with van der Waals surface area (Å²) in [4.78, 5) is 47.5. The standard InChI is InChI=1S/C35H30N4O4/c1-3-43-26-18-14-24(15-19-26)36-33(40)23-12-16-25(17-13-23)38-34(41)30-20-28-27-6-4-5-7-29(27)37-31(28)32(39(30)35(38)42)22-10-8-21(2)9-11-22/h4-19,30,32,37H,3,20H2,1-2H3,(H,36,40)/t30-,32?/m0/s1. The molecule has 0 spiro atoms. The first kappa shape index (κ1) is 26.5. The quantitative estimate of drug-likeness (QED) is 0.225. The Balaban J connectivity index is 1.18. The van der Waals surface area contributed by atoms with E-state index in [4.69, 9.17) is 4.74 Å². The highest BCUT2D eigenvalue weighted by Gasteiger charge is 2.53. The van der Waals surface area contributed by atoms with Crippen LogP contribution in [0.25, 0.3) is 10.9 Å². The van der Waals surface area contributed by atoms with Crippen LogP contribution in [0.15, 0.2) is 97.1 Å². The Morgan fingerprint density at radius 1 is 0.930 bits per heavy atom. The van der Waals surface area contributed by atoms with Crippen LogP contribution in [-0.4, -0.2) is 40.4 Å². The minimum absolute atomic E-state index is 0.273. The van der Waals surface area contributed by atoms with Crippen molar-refractivity contribution in [2.45, 2.75) is 32.4 Å². The average molecular weight is 571 g/mol. The fourth-order valence-electron chi connectivity index (χ4n) is 6.17. The molecule has 0 saturated carbocycles. The van der Waals surface area contributed by atoms with Crippen LogP contribution in [0.2, 0.25) is 0 Å². The van der Waals surface area contributed by atoms with Gasteiger partial charge in [-0.1, -0.05) is 48.0 Å². The predicted molar refractivity (Wildman–Crippen MR) is 166 cm³/mol. The van der Waals surface area contributed by atoms with Crippen LogP contribution in [0.3, 0.4) is 0 Å². The Kier molecular flexibility index (Phi) is 6.46. The van der Waals surface area contributed by atoms with Gasteiger partial charge in [0, 0.05) is 34.3 Å². The smallest absolute Gasteiger partial charge is 0.332 e. The molecule has 214 valence electrons. The molecule has 4 aromatic carbocycles. The van der Waals surface area contributed by atoms with Gasteiger partial charge in [-0.15, -0.1) is 0 Å². The van der Waals surface area contributed by atoms with Crippen LogP contribution in [0, 0.1) is 6.92 Å². The van der Waals surface area contributed by atoms with Gasteiger partial charge in [-0.05, 0) is 79.6 Å². The fourth-order valence-corrected chi connectivity index (χ4v) is 6.17. The Morgan fingerprint density at radius 3 is 2.37 bits per heavy atom. The van der Waals surface area contributed by atoms with Crippen molar-refractivity contribution in [2.24, 2.45) is 0 Å². The van der Waals surface area contributed by atoms with Gasteiger partial charge in [-0.2, -0.15) is 0 Å². The van der Waals surface area contributed by atoms with Crippen molar-refractivity contribution >= 4 is 40.1 Å². The molecule has 5 aromatic rings. The largest absolute Gasteiger partial charge is 0.494 e. The van der Waals surface area contributed by atoms with Gasteiger partial charge in [0.1, 0.15) is 17.8 Å². The van der Waals surface area contributed by atoms with Crippen LogP contribution >= 0.6 is 0 Å². The second-order valence-electron chi connectivity index (χ2n) is 10.9. The third-order valence-corrected chi connectivity index (χ3v) is 8.25. The molecular weight excluding hydrogens is 540 g/mol. The summed E-state index contributed by atoms with van der Waals surface area (Å²) in [6.45, 7) is 4.50. The van der Waals surface area contributed by atoms with Crippen LogP contribution in [0.5, 0.6) is 5.75 Å². The minimum atomic E-state index is -0.645. The average Bonchev–Trinajstić information content (AvgIpc) is 3.52. The number of H-pyrrole nitrogens is 1. The summed E-state index contributed by atoms with van der Waals surface area (Å²) in [6.07, 6.45) is 0.422. The molecule has 2 N–H and O–H groups in total. The van der Waals surface area contributed by atoms with Gasteiger partial charge in [0.05, 0.1) is 12.3 Å². The lowest BCUT2D eigenvalue weighted by molar-refractivity contribution is -0.120. The molecule has 1 fully saturated rings. The van der Waals surface area contributed by atoms with Crippen molar-refractivity contribution in [3.05, 3.63) is 125 Å². The number of ether oxygens (including phenoxy) is 1. The SMILES string of the molecule is CCOc1ccc(NC(=O)c2ccc(N3C(=O)[C@@H]4Cc5c([nH]c6ccccc56)C(c5ccc(C)cc5)N4C3=O)cc2)cc1. The molecule has 2 aliphatic heterocycles. The van der Waals surface area contributed by atoms with Crippen molar-refractivity contribution in [2.75, 3.05) is 16.8 Å². The summed E-state index contributed by atoms with van der Waals surface area (Å²) in [5.74, 6) is 0.160. The lowest BCUT2D eigenvalue weighted by Gasteiger charge is -2.36. The maximum Gasteiger partial charge on any atom is 0.332 e. The van der Waals surface area contributed by atoms with E-state index >= 15 is 0 Å². The molecule has 8 nitrogen and oxygen atoms in total. The van der Waals surface area contributed by atoms with Gasteiger partial charge in [0.15, 0.2) is 0 Å². The number of carbonyl (C=O) groups excluding carboxylic acids is 3. The number of hydrogen-bond acceptors (Lipinski definition) is 4. The first-order valence-electron chi connectivity index (χ1n) is 14.4. The van der Waals surface area contributed by atoms with Crippen molar-refractivity contribution in [1.29, 1.82) is 0 Å². The Labute approximate surface area is 248 Å². The molecule has 1 saturated heterocycles. The topological polar surface area (TPSA) is 94.7 Å². The van der Waals surface area contributed by atoms with Crippen molar-refractivity contribution in [1.82, 2.24) is 9.88 Å². The molecule has 0 bridgehead atoms. The van der Waals surface area contributed by atoms with E-state index < -0.39 is 12.1 Å². The number of aromatic nitrogens is 1. The molecule has 0 radical (unpaired) electrons. The number of aryl methyl sites for hydroxylation is 1. The zero-order valence-electron chi connectivity index (χ0n) is 23.8. The highest BCUT2D eigenvalue weighted by molar-refractivity contribution is 6.22. The van der Waals surface area contributed by atoms with E-state index in [1.165, 1.54) is 4.90 Å². The maximum atomic E-state index is 14.1. The zero-order valence-corrected chi connectivity index (χ0v) is 23.8. The number of benzene rings is 4. The molecule has 1 unspecified atom stereocenters. The number of carbonyl (C=O) groups is 3. The number of hydrogen-bond donors (Lipinski definition) is 2. The fraction of sp³-hybridized carbons (Fsp3) is 0.171. The number of nitrogens with one attached hydrogen (secondary N) is 2. The van der Waals surface area contributed by atoms with E-state index in [0.29, 0.717) is 30.0 Å². The summed E-state index contributed by atoms with van der Waals surface area (Å²) in [5, 5.41) is 3.94. The van der Waals surface area contributed by atoms with Gasteiger partial charge in [0.25, 0.3) is 11.8 Å². The number of aromatic amines is 1. The van der Waals surface area contributed by atoms with E-state index in [1.54, 1.807) is 53.4 Å². The summed E-state index contributed by atoms with van der Waals surface area (Å²) in [5.41, 5.74) is 6.51. The minimum Gasteiger partial charge on any atom is -0.494 e. The first-order chi connectivity index (χ1) is 20.9. The number of nitrogens with zero attached hydrogens (tertiary/aromatic N) is 2. The summed E-state index contributed by atoms with van der Waals surface area (Å²) < 4.78 is 5.46. The van der Waals surface area contributed by atoms with E-state index in [2.05, 4.69) is 16.4 Å². The highest BCUT2D eigenvalue weighted by atomic mass is 16.5. The van der Waals surface area contributed by atoms with Crippen LogP contribution < -0.4 is 15.0 Å². The summed E-state index contributed by atoms with van der Waals surface area (Å²) in [6, 6.07) is 28.4. The van der Waals surface area contributed by atoms with Crippen molar-refractivity contribution in [3.8, 4) is 5.75 Å². The number of para-hydroxylation sites is 1. The highest BCUT2D eigenvalue weighted by Crippen LogP contribution is 2.44. The van der Waals surface area contributed by atoms with Crippen LogP contribution in [-0.2, 0) is 11.2 Å². The van der Waals surface area contributed by atoms with Gasteiger partial charge in [-0.25, -0.2) is 9.69 Å². The molecular formula is C35H30N4O4. The molecule has 1 aromatic heterocycles. The molecule has 0 aliphatic carbocycles. The van der Waals surface area contributed by atoms with E-state index in [1.807, 2.05) is 56.3 Å². The number of imide groups is 1. The predicted octanol–water partition coefficient (Wildman–Crippen LogP) is 6.61. The van der Waals surface area contributed by atoms with E-state index in [0.717, 1.165) is 39.0 Å². The summed E-state index contributed by atoms with van der Waals surface area (Å²) in [7, 11) is 0. The van der Waals surface area contributed by atoms with Crippen molar-refractivity contribution in [3.63, 3.8) is 0 Å². The van der Waals surface area contributed by atoms with Crippen molar-refractivity contribution < 1.29 is 19.1 Å². The Morgan fingerprint density at radius 2 is 1.65 bits per heavy atom. The van der Waals surface area contributed by atoms with Gasteiger partial charge in [-0.3, -0.25) is 14.5 Å². The number of fused-ring (bicyclic) bond motifs is 4. The zero-order chi connectivity index (χ0) is 29.7. The Bertz CT molecular complexity index is 1860. The Hall–Kier alpha value is -5.37. The molecule has 8 heteroatoms. The third kappa shape index (κ3) is 4.52. The first-order valence-corrected chi connectivity index (χ1v) is 14.4. The normalized spacial score (nSPS) is 17.6. The number of rotatable bonds is 6. The molecule has 7 rings (SSSR count). The maximum absolute atomic E-state index is 14.1. The monoisotopic (exact) mass is 570 g/mol. The second-order valence-corrected chi connectivity index (χ2v) is 10.9. The lowest BCUT2D eigenvalue weighted by atomic mass is 9.88. The summed E-state index contributed by atoms with van der Waals surface area (Å²) >= 11 is 0. The van der Waals surface area contributed by atoms with Gasteiger partial charge in [0.2, 0.25) is 0 Å². The molecule has 2 aliphatic rings. The molecule has 2 atom stereocenters. The molecule has 3 heterocycles.